The summed E-state index contributed by atoms with van der Waals surface area (Å²) < 4.78 is 0. The molecule has 2 nitrogen and oxygen atoms in total. The smallest absolute Gasteiger partial charge is 0.0175 e. The number of likely N-dealkylation sites (tertiary alicyclic amines) is 1. The van der Waals surface area contributed by atoms with Gasteiger partial charge in [-0.25, -0.2) is 0 Å². The van der Waals surface area contributed by atoms with Crippen LogP contribution in [0.3, 0.4) is 0 Å². The second kappa shape index (κ2) is 6.07. The average Bonchev–Trinajstić information content (AvgIpc) is 2.26. The molecule has 1 aliphatic rings. The van der Waals surface area contributed by atoms with Crippen LogP contribution in [0.1, 0.15) is 26.7 Å². The van der Waals surface area contributed by atoms with Gasteiger partial charge in [-0.05, 0) is 38.0 Å². The van der Waals surface area contributed by atoms with Gasteiger partial charge in [-0.2, -0.15) is 0 Å². The van der Waals surface area contributed by atoms with E-state index < -0.39 is 0 Å². The fraction of sp³-hybridized carbons (Fsp3) is 0.833. The van der Waals surface area contributed by atoms with Crippen LogP contribution in [0.15, 0.2) is 12.8 Å². The van der Waals surface area contributed by atoms with Crippen LogP contribution >= 0.6 is 0 Å². The second-order valence-electron chi connectivity index (χ2n) is 4.15. The van der Waals surface area contributed by atoms with Crippen molar-refractivity contribution in [3.8, 4) is 0 Å². The molecule has 0 unspecified atom stereocenters. The maximum atomic E-state index is 3.82. The quantitative estimate of drug-likeness (QED) is 0.665. The van der Waals surface area contributed by atoms with Crippen LogP contribution in [-0.4, -0.2) is 42.5 Å². The molecule has 0 atom stereocenters. The molecule has 0 N–H and O–H groups in total. The fourth-order valence-corrected chi connectivity index (χ4v) is 2.17. The number of hydrogen-bond acceptors (Lipinski definition) is 2. The summed E-state index contributed by atoms with van der Waals surface area (Å²) in [5.41, 5.74) is 0. The molecule has 1 heterocycles. The molecule has 0 bridgehead atoms. The van der Waals surface area contributed by atoms with Gasteiger partial charge >= 0.3 is 0 Å². The summed E-state index contributed by atoms with van der Waals surface area (Å²) in [6.45, 7) is 14.4. The third-order valence-corrected chi connectivity index (χ3v) is 3.32. The zero-order valence-electron chi connectivity index (χ0n) is 9.71. The van der Waals surface area contributed by atoms with E-state index >= 15 is 0 Å². The summed E-state index contributed by atoms with van der Waals surface area (Å²) in [5.74, 6) is 0.908. The molecule has 1 rings (SSSR count). The molecular weight excluding hydrogens is 172 g/mol. The molecular formula is C12H24N2. The second-order valence-corrected chi connectivity index (χ2v) is 4.15. The zero-order valence-corrected chi connectivity index (χ0v) is 9.71. The van der Waals surface area contributed by atoms with E-state index in [0.29, 0.717) is 0 Å². The van der Waals surface area contributed by atoms with Gasteiger partial charge in [0.15, 0.2) is 0 Å². The highest BCUT2D eigenvalue weighted by atomic mass is 15.1. The lowest BCUT2D eigenvalue weighted by atomic mass is 9.96. The molecule has 1 aliphatic heterocycles. The van der Waals surface area contributed by atoms with E-state index in [2.05, 4.69) is 30.2 Å². The molecule has 0 spiro atoms. The van der Waals surface area contributed by atoms with Crippen molar-refractivity contribution >= 4 is 0 Å². The maximum absolute atomic E-state index is 3.82. The highest BCUT2D eigenvalue weighted by Gasteiger charge is 2.18. The summed E-state index contributed by atoms with van der Waals surface area (Å²) in [5, 5.41) is 0. The molecule has 0 aromatic rings. The highest BCUT2D eigenvalue weighted by molar-refractivity contribution is 4.79. The third-order valence-electron chi connectivity index (χ3n) is 3.32. The number of nitrogens with zero attached hydrogens (tertiary/aromatic N) is 2. The Balaban J connectivity index is 2.24. The van der Waals surface area contributed by atoms with Crippen LogP contribution in [0.4, 0.5) is 0 Å². The SMILES string of the molecule is C=CN1CCC(CN(CC)CC)CC1. The van der Waals surface area contributed by atoms with E-state index in [0.717, 1.165) is 5.92 Å². The van der Waals surface area contributed by atoms with Gasteiger partial charge in [-0.1, -0.05) is 20.4 Å². The van der Waals surface area contributed by atoms with Crippen molar-refractivity contribution in [2.45, 2.75) is 26.7 Å². The van der Waals surface area contributed by atoms with Crippen LogP contribution in [0.2, 0.25) is 0 Å². The molecule has 1 saturated heterocycles. The lowest BCUT2D eigenvalue weighted by molar-refractivity contribution is 0.180. The Morgan fingerprint density at radius 2 is 1.86 bits per heavy atom. The summed E-state index contributed by atoms with van der Waals surface area (Å²) in [7, 11) is 0. The van der Waals surface area contributed by atoms with Crippen LogP contribution in [0.25, 0.3) is 0 Å². The maximum Gasteiger partial charge on any atom is 0.0175 e. The Hall–Kier alpha value is -0.500. The number of rotatable bonds is 5. The lowest BCUT2D eigenvalue weighted by Gasteiger charge is -2.33. The number of hydrogen-bond donors (Lipinski definition) is 0. The first kappa shape index (κ1) is 11.6. The van der Waals surface area contributed by atoms with Crippen molar-refractivity contribution in [1.82, 2.24) is 9.80 Å². The van der Waals surface area contributed by atoms with Crippen molar-refractivity contribution in [2.75, 3.05) is 32.7 Å². The summed E-state index contributed by atoms with van der Waals surface area (Å²) in [4.78, 5) is 4.87. The van der Waals surface area contributed by atoms with E-state index in [1.54, 1.807) is 0 Å². The van der Waals surface area contributed by atoms with E-state index in [4.69, 9.17) is 0 Å². The molecule has 82 valence electrons. The Kier molecular flexibility index (Phi) is 5.02. The molecule has 0 aromatic carbocycles. The van der Waals surface area contributed by atoms with E-state index in [-0.39, 0.29) is 0 Å². The Labute approximate surface area is 88.6 Å². The minimum Gasteiger partial charge on any atom is -0.378 e. The molecule has 0 aliphatic carbocycles. The van der Waals surface area contributed by atoms with Gasteiger partial charge in [0.05, 0.1) is 0 Å². The topological polar surface area (TPSA) is 6.48 Å². The molecule has 0 saturated carbocycles. The van der Waals surface area contributed by atoms with Crippen molar-refractivity contribution in [1.29, 1.82) is 0 Å². The third kappa shape index (κ3) is 3.33. The highest BCUT2D eigenvalue weighted by Crippen LogP contribution is 2.18. The molecule has 0 amide bonds. The molecule has 2 heteroatoms. The standard InChI is InChI=1S/C12H24N2/c1-4-13(5-2)11-12-7-9-14(6-3)10-8-12/h6,12H,3-5,7-11H2,1-2H3. The first-order chi connectivity index (χ1) is 6.80. The van der Waals surface area contributed by atoms with Gasteiger partial charge in [-0.15, -0.1) is 0 Å². The largest absolute Gasteiger partial charge is 0.378 e. The van der Waals surface area contributed by atoms with E-state index in [9.17, 15) is 0 Å². The van der Waals surface area contributed by atoms with Gasteiger partial charge in [0, 0.05) is 19.6 Å². The van der Waals surface area contributed by atoms with E-state index in [1.165, 1.54) is 45.6 Å². The zero-order chi connectivity index (χ0) is 10.4. The van der Waals surface area contributed by atoms with E-state index in [1.807, 2.05) is 6.20 Å². The van der Waals surface area contributed by atoms with Crippen molar-refractivity contribution < 1.29 is 0 Å². The van der Waals surface area contributed by atoms with Gasteiger partial charge in [0.1, 0.15) is 0 Å². The predicted molar refractivity (Wildman–Crippen MR) is 62.3 cm³/mol. The fourth-order valence-electron chi connectivity index (χ4n) is 2.17. The monoisotopic (exact) mass is 196 g/mol. The Bertz CT molecular complexity index is 156. The predicted octanol–water partition coefficient (Wildman–Crippen LogP) is 2.18. The van der Waals surface area contributed by atoms with Gasteiger partial charge < -0.3 is 9.80 Å². The van der Waals surface area contributed by atoms with Crippen LogP contribution in [0.5, 0.6) is 0 Å². The Morgan fingerprint density at radius 1 is 1.29 bits per heavy atom. The molecule has 0 radical (unpaired) electrons. The van der Waals surface area contributed by atoms with Crippen molar-refractivity contribution in [3.05, 3.63) is 12.8 Å². The minimum absolute atomic E-state index is 0.908. The molecule has 14 heavy (non-hydrogen) atoms. The van der Waals surface area contributed by atoms with Crippen molar-refractivity contribution in [2.24, 2.45) is 5.92 Å². The van der Waals surface area contributed by atoms with Gasteiger partial charge in [-0.3, -0.25) is 0 Å². The number of piperidine rings is 1. The van der Waals surface area contributed by atoms with Crippen LogP contribution in [-0.2, 0) is 0 Å². The van der Waals surface area contributed by atoms with Gasteiger partial charge in [0.25, 0.3) is 0 Å². The molecule has 1 fully saturated rings. The first-order valence-electron chi connectivity index (χ1n) is 5.89. The average molecular weight is 196 g/mol. The van der Waals surface area contributed by atoms with Crippen molar-refractivity contribution in [3.63, 3.8) is 0 Å². The summed E-state index contributed by atoms with van der Waals surface area (Å²) in [6.07, 6.45) is 4.65. The van der Waals surface area contributed by atoms with Gasteiger partial charge in [0.2, 0.25) is 0 Å². The minimum atomic E-state index is 0.908. The molecule has 0 aromatic heterocycles. The summed E-state index contributed by atoms with van der Waals surface area (Å²) in [6, 6.07) is 0. The Morgan fingerprint density at radius 3 is 2.29 bits per heavy atom. The normalized spacial score (nSPS) is 18.9. The summed E-state index contributed by atoms with van der Waals surface area (Å²) >= 11 is 0. The van der Waals surface area contributed by atoms with Crippen LogP contribution < -0.4 is 0 Å². The first-order valence-corrected chi connectivity index (χ1v) is 5.89. The van der Waals surface area contributed by atoms with Crippen LogP contribution in [0, 0.1) is 5.92 Å². The lowest BCUT2D eigenvalue weighted by Crippen LogP contribution is -2.36.